The van der Waals surface area contributed by atoms with Crippen molar-refractivity contribution in [2.45, 2.75) is 12.8 Å². The summed E-state index contributed by atoms with van der Waals surface area (Å²) >= 11 is 0. The third-order valence-corrected chi connectivity index (χ3v) is 3.01. The van der Waals surface area contributed by atoms with Crippen LogP contribution in [0.4, 0.5) is 0 Å². The monoisotopic (exact) mass is 186 g/mol. The van der Waals surface area contributed by atoms with Crippen LogP contribution in [0, 0.1) is 5.41 Å². The Labute approximate surface area is 78.9 Å². The van der Waals surface area contributed by atoms with Gasteiger partial charge in [0, 0.05) is 25.0 Å². The van der Waals surface area contributed by atoms with Gasteiger partial charge in [0.1, 0.15) is 0 Å². The minimum Gasteiger partial charge on any atom is -0.379 e. The van der Waals surface area contributed by atoms with E-state index in [9.17, 15) is 0 Å². The molecule has 1 saturated carbocycles. The molecule has 0 amide bonds. The highest BCUT2D eigenvalue weighted by Crippen LogP contribution is 2.46. The predicted octanol–water partition coefficient (Wildman–Crippen LogP) is -0.0109. The second-order valence-electron chi connectivity index (χ2n) is 4.20. The van der Waals surface area contributed by atoms with Gasteiger partial charge >= 0.3 is 0 Å². The lowest BCUT2D eigenvalue weighted by atomic mass is 10.1. The number of morpholine rings is 1. The molecule has 0 aromatic rings. The van der Waals surface area contributed by atoms with Gasteiger partial charge in [-0.3, -0.25) is 4.90 Å². The molecule has 0 radical (unpaired) electrons. The molecule has 2 fully saturated rings. The van der Waals surface area contributed by atoms with Gasteiger partial charge in [-0.2, -0.15) is 0 Å². The molecule has 4 nitrogen and oxygen atoms in total. The van der Waals surface area contributed by atoms with Gasteiger partial charge in [0.2, 0.25) is 0 Å². The number of hydrogen-bond donors (Lipinski definition) is 1. The summed E-state index contributed by atoms with van der Waals surface area (Å²) < 4.78 is 5.30. The molecule has 1 heterocycles. The molecule has 0 spiro atoms. The summed E-state index contributed by atoms with van der Waals surface area (Å²) in [6.07, 6.45) is 2.53. The molecule has 2 aliphatic rings. The lowest BCUT2D eigenvalue weighted by molar-refractivity contribution is 0.0123. The zero-order valence-corrected chi connectivity index (χ0v) is 8.00. The number of hydrogen-bond acceptors (Lipinski definition) is 4. The van der Waals surface area contributed by atoms with Gasteiger partial charge in [0.25, 0.3) is 0 Å². The highest BCUT2D eigenvalue weighted by atomic mass is 16.6. The molecule has 13 heavy (non-hydrogen) atoms. The van der Waals surface area contributed by atoms with Crippen molar-refractivity contribution in [3.8, 4) is 0 Å². The SMILES string of the molecule is NOCC1(CN2CCOCC2)CC1. The Bertz CT molecular complexity index is 165. The van der Waals surface area contributed by atoms with Gasteiger partial charge in [-0.15, -0.1) is 0 Å². The summed E-state index contributed by atoms with van der Waals surface area (Å²) in [7, 11) is 0. The van der Waals surface area contributed by atoms with E-state index in [2.05, 4.69) is 4.90 Å². The van der Waals surface area contributed by atoms with Crippen molar-refractivity contribution in [3.63, 3.8) is 0 Å². The molecule has 4 heteroatoms. The summed E-state index contributed by atoms with van der Waals surface area (Å²) in [5.74, 6) is 5.12. The van der Waals surface area contributed by atoms with Gasteiger partial charge in [-0.05, 0) is 12.8 Å². The summed E-state index contributed by atoms with van der Waals surface area (Å²) in [5.41, 5.74) is 0.381. The Kier molecular flexibility index (Phi) is 2.83. The van der Waals surface area contributed by atoms with Gasteiger partial charge in [-0.1, -0.05) is 0 Å². The second-order valence-corrected chi connectivity index (χ2v) is 4.20. The van der Waals surface area contributed by atoms with Crippen molar-refractivity contribution < 1.29 is 9.57 Å². The molecule has 1 aliphatic carbocycles. The van der Waals surface area contributed by atoms with Gasteiger partial charge < -0.3 is 9.57 Å². The number of ether oxygens (including phenoxy) is 1. The van der Waals surface area contributed by atoms with E-state index in [-0.39, 0.29) is 0 Å². The van der Waals surface area contributed by atoms with Gasteiger partial charge in [0.15, 0.2) is 0 Å². The molecule has 0 atom stereocenters. The van der Waals surface area contributed by atoms with Crippen LogP contribution in [-0.4, -0.2) is 44.4 Å². The highest BCUT2D eigenvalue weighted by molar-refractivity contribution is 4.95. The van der Waals surface area contributed by atoms with E-state index in [1.165, 1.54) is 12.8 Å². The third-order valence-electron chi connectivity index (χ3n) is 3.01. The van der Waals surface area contributed by atoms with Crippen molar-refractivity contribution in [2.24, 2.45) is 11.3 Å². The van der Waals surface area contributed by atoms with E-state index < -0.39 is 0 Å². The van der Waals surface area contributed by atoms with E-state index in [1.54, 1.807) is 0 Å². The first-order valence-corrected chi connectivity index (χ1v) is 4.96. The summed E-state index contributed by atoms with van der Waals surface area (Å²) in [4.78, 5) is 7.21. The van der Waals surface area contributed by atoms with Gasteiger partial charge in [-0.25, -0.2) is 5.90 Å². The summed E-state index contributed by atoms with van der Waals surface area (Å²) in [5, 5.41) is 0. The number of rotatable bonds is 4. The zero-order chi connectivity index (χ0) is 9.15. The maximum Gasteiger partial charge on any atom is 0.0747 e. The van der Waals surface area contributed by atoms with Crippen LogP contribution in [0.2, 0.25) is 0 Å². The van der Waals surface area contributed by atoms with Crippen LogP contribution >= 0.6 is 0 Å². The molecule has 0 aromatic carbocycles. The van der Waals surface area contributed by atoms with Crippen molar-refractivity contribution in [2.75, 3.05) is 39.5 Å². The fourth-order valence-electron chi connectivity index (χ4n) is 1.94. The van der Waals surface area contributed by atoms with Crippen LogP contribution in [0.5, 0.6) is 0 Å². The maximum absolute atomic E-state index is 5.30. The molecule has 2 rings (SSSR count). The van der Waals surface area contributed by atoms with Crippen LogP contribution in [-0.2, 0) is 9.57 Å². The lowest BCUT2D eigenvalue weighted by Gasteiger charge is -2.30. The molecule has 0 bridgehead atoms. The topological polar surface area (TPSA) is 47.7 Å². The first-order chi connectivity index (χ1) is 6.35. The summed E-state index contributed by atoms with van der Waals surface area (Å²) in [6, 6.07) is 0. The average molecular weight is 186 g/mol. The van der Waals surface area contributed by atoms with E-state index in [1.807, 2.05) is 0 Å². The minimum atomic E-state index is 0.381. The molecule has 76 valence electrons. The summed E-state index contributed by atoms with van der Waals surface area (Å²) in [6.45, 7) is 5.72. The maximum atomic E-state index is 5.30. The quantitative estimate of drug-likeness (QED) is 0.627. The largest absolute Gasteiger partial charge is 0.379 e. The molecular formula is C9H18N2O2. The molecule has 0 unspecified atom stereocenters. The van der Waals surface area contributed by atoms with Gasteiger partial charge in [0.05, 0.1) is 19.8 Å². The zero-order valence-electron chi connectivity index (χ0n) is 8.00. The normalized spacial score (nSPS) is 27.5. The fourth-order valence-corrected chi connectivity index (χ4v) is 1.94. The van der Waals surface area contributed by atoms with Crippen molar-refractivity contribution in [1.82, 2.24) is 4.90 Å². The van der Waals surface area contributed by atoms with Crippen molar-refractivity contribution in [1.29, 1.82) is 0 Å². The molecule has 1 aliphatic heterocycles. The Morgan fingerprint density at radius 1 is 1.31 bits per heavy atom. The number of nitrogens with zero attached hydrogens (tertiary/aromatic N) is 1. The average Bonchev–Trinajstić information content (AvgIpc) is 2.87. The van der Waals surface area contributed by atoms with E-state index in [0.29, 0.717) is 12.0 Å². The van der Waals surface area contributed by atoms with E-state index in [4.69, 9.17) is 15.5 Å². The van der Waals surface area contributed by atoms with Crippen LogP contribution < -0.4 is 5.90 Å². The van der Waals surface area contributed by atoms with E-state index in [0.717, 1.165) is 32.8 Å². The first kappa shape index (κ1) is 9.40. The van der Waals surface area contributed by atoms with Crippen LogP contribution in [0.15, 0.2) is 0 Å². The molecule has 2 N–H and O–H groups in total. The Morgan fingerprint density at radius 3 is 2.54 bits per heavy atom. The Hall–Kier alpha value is -0.160. The smallest absolute Gasteiger partial charge is 0.0747 e. The third kappa shape index (κ3) is 2.40. The second kappa shape index (κ2) is 3.92. The highest BCUT2D eigenvalue weighted by Gasteiger charge is 2.44. The molecule has 1 saturated heterocycles. The first-order valence-electron chi connectivity index (χ1n) is 4.96. The Balaban J connectivity index is 1.76. The van der Waals surface area contributed by atoms with Crippen molar-refractivity contribution in [3.05, 3.63) is 0 Å². The van der Waals surface area contributed by atoms with Crippen LogP contribution in [0.1, 0.15) is 12.8 Å². The fraction of sp³-hybridized carbons (Fsp3) is 1.00. The van der Waals surface area contributed by atoms with Crippen LogP contribution in [0.25, 0.3) is 0 Å². The molecular weight excluding hydrogens is 168 g/mol. The standard InChI is InChI=1S/C9H18N2O2/c10-13-8-9(1-2-9)7-11-3-5-12-6-4-11/h1-8,10H2. The Morgan fingerprint density at radius 2 is 2.00 bits per heavy atom. The number of nitrogens with two attached hydrogens (primary N) is 1. The molecule has 0 aromatic heterocycles. The lowest BCUT2D eigenvalue weighted by Crippen LogP contribution is -2.41. The predicted molar refractivity (Wildman–Crippen MR) is 49.1 cm³/mol. The minimum absolute atomic E-state index is 0.381. The van der Waals surface area contributed by atoms with Crippen LogP contribution in [0.3, 0.4) is 0 Å². The van der Waals surface area contributed by atoms with Crippen molar-refractivity contribution >= 4 is 0 Å². The van der Waals surface area contributed by atoms with E-state index >= 15 is 0 Å².